The van der Waals surface area contributed by atoms with Crippen molar-refractivity contribution in [3.8, 4) is 5.75 Å². The molecule has 0 fully saturated rings. The van der Waals surface area contributed by atoms with E-state index >= 15 is 0 Å². The predicted octanol–water partition coefficient (Wildman–Crippen LogP) is 5.57. The van der Waals surface area contributed by atoms with E-state index in [4.69, 9.17) is 27.9 Å². The summed E-state index contributed by atoms with van der Waals surface area (Å²) in [5.41, 5.74) is 1.86. The van der Waals surface area contributed by atoms with Gasteiger partial charge in [-0.25, -0.2) is 0 Å². The van der Waals surface area contributed by atoms with Crippen LogP contribution >= 0.6 is 35.0 Å². The minimum Gasteiger partial charge on any atom is -0.497 e. The van der Waals surface area contributed by atoms with Gasteiger partial charge in [0.15, 0.2) is 0 Å². The third-order valence-electron chi connectivity index (χ3n) is 4.95. The minimum absolute atomic E-state index is 0.0885. The molecule has 0 aliphatic carbocycles. The van der Waals surface area contributed by atoms with E-state index in [1.54, 1.807) is 24.1 Å². The van der Waals surface area contributed by atoms with Crippen LogP contribution in [0.1, 0.15) is 37.8 Å². The quantitative estimate of drug-likeness (QED) is 0.417. The topological polar surface area (TPSA) is 58.6 Å². The Bertz CT molecular complexity index is 893. The lowest BCUT2D eigenvalue weighted by Gasteiger charge is -2.30. The summed E-state index contributed by atoms with van der Waals surface area (Å²) in [6.07, 6.45) is 1.37. The Labute approximate surface area is 204 Å². The van der Waals surface area contributed by atoms with Gasteiger partial charge in [-0.3, -0.25) is 9.59 Å². The van der Waals surface area contributed by atoms with Crippen LogP contribution in [0.2, 0.25) is 10.0 Å². The van der Waals surface area contributed by atoms with Crippen molar-refractivity contribution in [2.24, 2.45) is 0 Å². The zero-order chi connectivity index (χ0) is 23.5. The smallest absolute Gasteiger partial charge is 0.242 e. The van der Waals surface area contributed by atoms with E-state index in [1.165, 1.54) is 11.8 Å². The molecule has 0 saturated heterocycles. The number of halogens is 2. The molecule has 32 heavy (non-hydrogen) atoms. The third-order valence-corrected chi connectivity index (χ3v) is 6.50. The Hall–Kier alpha value is -1.89. The molecule has 0 aliphatic heterocycles. The molecular formula is C24H30Cl2N2O3S. The average molecular weight is 497 g/mol. The normalized spacial score (nSPS) is 11.7. The van der Waals surface area contributed by atoms with Gasteiger partial charge < -0.3 is 15.0 Å². The molecule has 0 spiro atoms. The fraction of sp³-hybridized carbons (Fsp3) is 0.417. The van der Waals surface area contributed by atoms with Crippen molar-refractivity contribution in [2.75, 3.05) is 19.4 Å². The van der Waals surface area contributed by atoms with E-state index in [1.807, 2.05) is 44.2 Å². The number of nitrogens with one attached hydrogen (secondary N) is 1. The maximum absolute atomic E-state index is 13.2. The number of ether oxygens (including phenoxy) is 1. The zero-order valence-electron chi connectivity index (χ0n) is 18.7. The number of hydrogen-bond donors (Lipinski definition) is 1. The number of nitrogens with zero attached hydrogens (tertiary/aromatic N) is 1. The summed E-state index contributed by atoms with van der Waals surface area (Å²) in [4.78, 5) is 27.7. The standard InChI is InChI=1S/C24H30Cl2N2O3S/c1-4-12-27-24(30)22(5-2)28(14-17-6-10-20(31-3)11-7-17)23(29)16-32-15-18-8-9-19(25)13-21(18)26/h6-11,13,22H,4-5,12,14-16H2,1-3H3,(H,27,30). The van der Waals surface area contributed by atoms with Crippen LogP contribution in [0.15, 0.2) is 42.5 Å². The van der Waals surface area contributed by atoms with E-state index in [0.29, 0.717) is 35.3 Å². The first kappa shape index (κ1) is 26.4. The highest BCUT2D eigenvalue weighted by atomic mass is 35.5. The Kier molecular flexibility index (Phi) is 11.2. The average Bonchev–Trinajstić information content (AvgIpc) is 2.79. The number of rotatable bonds is 12. The van der Waals surface area contributed by atoms with Gasteiger partial charge >= 0.3 is 0 Å². The lowest BCUT2D eigenvalue weighted by atomic mass is 10.1. The summed E-state index contributed by atoms with van der Waals surface area (Å²) in [7, 11) is 1.61. The summed E-state index contributed by atoms with van der Waals surface area (Å²) in [5.74, 6) is 1.36. The second-order valence-electron chi connectivity index (χ2n) is 7.31. The highest BCUT2D eigenvalue weighted by Crippen LogP contribution is 2.25. The summed E-state index contributed by atoms with van der Waals surface area (Å²) in [6, 6.07) is 12.3. The summed E-state index contributed by atoms with van der Waals surface area (Å²) >= 11 is 13.7. The van der Waals surface area contributed by atoms with Crippen molar-refractivity contribution in [2.45, 2.75) is 45.0 Å². The molecule has 0 aromatic heterocycles. The molecule has 1 unspecified atom stereocenters. The van der Waals surface area contributed by atoms with Gasteiger partial charge in [0, 0.05) is 28.9 Å². The predicted molar refractivity (Wildman–Crippen MR) is 134 cm³/mol. The Balaban J connectivity index is 2.13. The Morgan fingerprint density at radius 1 is 1.12 bits per heavy atom. The van der Waals surface area contributed by atoms with Crippen molar-refractivity contribution >= 4 is 46.8 Å². The number of carbonyl (C=O) groups excluding carboxylic acids is 2. The van der Waals surface area contributed by atoms with Crippen molar-refractivity contribution < 1.29 is 14.3 Å². The van der Waals surface area contributed by atoms with Crippen molar-refractivity contribution in [3.63, 3.8) is 0 Å². The van der Waals surface area contributed by atoms with Crippen LogP contribution in [0.25, 0.3) is 0 Å². The highest BCUT2D eigenvalue weighted by molar-refractivity contribution is 7.99. The SMILES string of the molecule is CCCNC(=O)C(CC)N(Cc1ccc(OC)cc1)C(=O)CSCc1ccc(Cl)cc1Cl. The van der Waals surface area contributed by atoms with Crippen LogP contribution in [0, 0.1) is 0 Å². The molecule has 0 bridgehead atoms. The van der Waals surface area contributed by atoms with E-state index in [9.17, 15) is 9.59 Å². The first-order chi connectivity index (χ1) is 15.4. The highest BCUT2D eigenvalue weighted by Gasteiger charge is 2.28. The van der Waals surface area contributed by atoms with Gasteiger partial charge in [0.1, 0.15) is 11.8 Å². The molecule has 2 aromatic carbocycles. The van der Waals surface area contributed by atoms with Gasteiger partial charge in [0.05, 0.1) is 12.9 Å². The largest absolute Gasteiger partial charge is 0.497 e. The van der Waals surface area contributed by atoms with Crippen LogP contribution in [-0.4, -0.2) is 42.2 Å². The van der Waals surface area contributed by atoms with E-state index in [2.05, 4.69) is 5.32 Å². The molecule has 2 aromatic rings. The van der Waals surface area contributed by atoms with Crippen molar-refractivity contribution in [1.29, 1.82) is 0 Å². The Morgan fingerprint density at radius 2 is 1.84 bits per heavy atom. The number of hydrogen-bond acceptors (Lipinski definition) is 4. The van der Waals surface area contributed by atoms with Crippen LogP contribution in [0.5, 0.6) is 5.75 Å². The van der Waals surface area contributed by atoms with E-state index < -0.39 is 6.04 Å². The fourth-order valence-corrected chi connectivity index (χ4v) is 4.65. The lowest BCUT2D eigenvalue weighted by molar-refractivity contribution is -0.139. The monoisotopic (exact) mass is 496 g/mol. The molecule has 1 N–H and O–H groups in total. The first-order valence-corrected chi connectivity index (χ1v) is 12.5. The number of thioether (sulfide) groups is 1. The molecule has 0 saturated carbocycles. The summed E-state index contributed by atoms with van der Waals surface area (Å²) < 4.78 is 5.22. The van der Waals surface area contributed by atoms with Crippen molar-refractivity contribution in [1.82, 2.24) is 10.2 Å². The van der Waals surface area contributed by atoms with E-state index in [-0.39, 0.29) is 17.6 Å². The molecule has 2 amide bonds. The molecular weight excluding hydrogens is 467 g/mol. The maximum atomic E-state index is 13.2. The molecule has 5 nitrogen and oxygen atoms in total. The lowest BCUT2D eigenvalue weighted by Crippen LogP contribution is -2.49. The fourth-order valence-electron chi connectivity index (χ4n) is 3.18. The summed E-state index contributed by atoms with van der Waals surface area (Å²) in [5, 5.41) is 4.09. The van der Waals surface area contributed by atoms with Gasteiger partial charge in [0.2, 0.25) is 11.8 Å². The second kappa shape index (κ2) is 13.6. The number of carbonyl (C=O) groups is 2. The van der Waals surface area contributed by atoms with Gasteiger partial charge in [0.25, 0.3) is 0 Å². The van der Waals surface area contributed by atoms with Crippen LogP contribution in [0.4, 0.5) is 0 Å². The molecule has 174 valence electrons. The van der Waals surface area contributed by atoms with E-state index in [0.717, 1.165) is 23.3 Å². The second-order valence-corrected chi connectivity index (χ2v) is 9.14. The molecule has 8 heteroatoms. The molecule has 1 atom stereocenters. The zero-order valence-corrected chi connectivity index (χ0v) is 21.0. The van der Waals surface area contributed by atoms with Gasteiger partial charge in [-0.15, -0.1) is 11.8 Å². The van der Waals surface area contributed by atoms with Crippen LogP contribution in [0.3, 0.4) is 0 Å². The van der Waals surface area contributed by atoms with Gasteiger partial charge in [-0.05, 0) is 48.2 Å². The molecule has 2 rings (SSSR count). The molecule has 0 aliphatic rings. The van der Waals surface area contributed by atoms with Crippen molar-refractivity contribution in [3.05, 3.63) is 63.6 Å². The minimum atomic E-state index is -0.532. The van der Waals surface area contributed by atoms with Gasteiger partial charge in [-0.2, -0.15) is 0 Å². The third kappa shape index (κ3) is 7.91. The first-order valence-electron chi connectivity index (χ1n) is 10.6. The maximum Gasteiger partial charge on any atom is 0.242 e. The number of methoxy groups -OCH3 is 1. The van der Waals surface area contributed by atoms with Crippen LogP contribution < -0.4 is 10.1 Å². The number of benzene rings is 2. The van der Waals surface area contributed by atoms with Gasteiger partial charge in [-0.1, -0.05) is 55.2 Å². The Morgan fingerprint density at radius 3 is 2.44 bits per heavy atom. The molecule has 0 heterocycles. The molecule has 0 radical (unpaired) electrons. The summed E-state index contributed by atoms with van der Waals surface area (Å²) in [6.45, 7) is 4.86. The number of amides is 2. The van der Waals surface area contributed by atoms with Crippen LogP contribution in [-0.2, 0) is 21.9 Å².